The van der Waals surface area contributed by atoms with E-state index in [4.69, 9.17) is 9.47 Å². The van der Waals surface area contributed by atoms with Crippen molar-refractivity contribution in [1.82, 2.24) is 4.90 Å². The Morgan fingerprint density at radius 3 is 2.26 bits per heavy atom. The van der Waals surface area contributed by atoms with E-state index in [1.165, 1.54) is 0 Å². The monoisotopic (exact) mass is 592 g/mol. The minimum Gasteiger partial charge on any atom is -0.494 e. The van der Waals surface area contributed by atoms with E-state index < -0.39 is 29.6 Å². The highest BCUT2D eigenvalue weighted by Gasteiger charge is 2.74. The highest BCUT2D eigenvalue weighted by molar-refractivity contribution is 6.05. The van der Waals surface area contributed by atoms with E-state index >= 15 is 0 Å². The Hall–Kier alpha value is -3.63. The number of carbonyl (C=O) groups excluding carboxylic acids is 3. The maximum absolute atomic E-state index is 14.1. The van der Waals surface area contributed by atoms with Crippen LogP contribution in [0, 0.1) is 11.8 Å². The molecule has 10 nitrogen and oxygen atoms in total. The average Bonchev–Trinajstić information content (AvgIpc) is 3.65. The summed E-state index contributed by atoms with van der Waals surface area (Å²) in [6.45, 7) is 8.86. The van der Waals surface area contributed by atoms with Crippen LogP contribution >= 0.6 is 0 Å². The Morgan fingerprint density at radius 1 is 0.977 bits per heavy atom. The number of anilines is 3. The highest BCUT2D eigenvalue weighted by atomic mass is 16.5. The molecule has 0 radical (unpaired) electrons. The quantitative estimate of drug-likeness (QED) is 0.283. The van der Waals surface area contributed by atoms with Crippen molar-refractivity contribution in [3.63, 3.8) is 0 Å². The van der Waals surface area contributed by atoms with Crippen LogP contribution < -0.4 is 20.3 Å². The zero-order chi connectivity index (χ0) is 30.6. The molecule has 3 aliphatic rings. The van der Waals surface area contributed by atoms with Gasteiger partial charge in [-0.2, -0.15) is 0 Å². The Morgan fingerprint density at radius 2 is 1.63 bits per heavy atom. The van der Waals surface area contributed by atoms with Crippen LogP contribution in [-0.4, -0.2) is 78.3 Å². The molecule has 1 spiro atoms. The van der Waals surface area contributed by atoms with Crippen molar-refractivity contribution in [2.75, 3.05) is 48.4 Å². The maximum Gasteiger partial charge on any atom is 0.250 e. The summed E-state index contributed by atoms with van der Waals surface area (Å²) in [6.07, 6.45) is 2.70. The molecule has 0 aliphatic carbocycles. The van der Waals surface area contributed by atoms with Crippen LogP contribution in [-0.2, 0) is 19.1 Å². The third kappa shape index (κ3) is 5.95. The first kappa shape index (κ1) is 30.8. The minimum atomic E-state index is -1.06. The van der Waals surface area contributed by atoms with Gasteiger partial charge in [-0.05, 0) is 101 Å². The molecule has 0 saturated carbocycles. The molecule has 3 N–H and O–H groups in total. The first-order chi connectivity index (χ1) is 20.9. The number of hydrogen-bond donors (Lipinski definition) is 3. The molecular weight excluding hydrogens is 548 g/mol. The molecule has 5 atom stereocenters. The lowest BCUT2D eigenvalue weighted by Crippen LogP contribution is -2.53. The topological polar surface area (TPSA) is 120 Å². The van der Waals surface area contributed by atoms with E-state index in [-0.39, 0.29) is 24.3 Å². The average molecular weight is 593 g/mol. The Labute approximate surface area is 253 Å². The molecule has 2 bridgehead atoms. The van der Waals surface area contributed by atoms with Gasteiger partial charge in [0.2, 0.25) is 17.7 Å². The summed E-state index contributed by atoms with van der Waals surface area (Å²) in [5.41, 5.74) is 1.26. The van der Waals surface area contributed by atoms with Gasteiger partial charge in [0.05, 0.1) is 24.5 Å². The van der Waals surface area contributed by atoms with Crippen molar-refractivity contribution in [3.8, 4) is 5.75 Å². The lowest BCUT2D eigenvalue weighted by atomic mass is 9.70. The first-order valence-electron chi connectivity index (χ1n) is 15.7. The van der Waals surface area contributed by atoms with Gasteiger partial charge in [-0.3, -0.25) is 14.4 Å². The van der Waals surface area contributed by atoms with Gasteiger partial charge >= 0.3 is 0 Å². The van der Waals surface area contributed by atoms with Crippen LogP contribution in [0.25, 0.3) is 0 Å². The molecule has 2 unspecified atom stereocenters. The van der Waals surface area contributed by atoms with E-state index in [1.807, 2.05) is 31.2 Å². The lowest BCUT2D eigenvalue weighted by Gasteiger charge is -2.33. The first-order valence-corrected chi connectivity index (χ1v) is 15.7. The number of aliphatic hydroxyl groups is 1. The number of likely N-dealkylation sites (tertiary alicyclic amines) is 1. The second-order valence-electron chi connectivity index (χ2n) is 11.5. The molecule has 3 amide bonds. The van der Waals surface area contributed by atoms with Crippen LogP contribution in [0.3, 0.4) is 0 Å². The lowest BCUT2D eigenvalue weighted by molar-refractivity contribution is -0.139. The Balaban J connectivity index is 1.38. The number of unbranched alkanes of at least 4 members (excludes halogenated alkanes) is 2. The molecule has 3 aliphatic heterocycles. The SMILES string of the molecule is CCOc1ccc(NC(=O)[C@@H]2[C@@H]3CCC4(O3)C(C(=O)Nc3ccc(N(CC)CC)cc3)N(CCCCCO)C(=O)[C@H]24)cc1. The highest BCUT2D eigenvalue weighted by Crippen LogP contribution is 2.58. The van der Waals surface area contributed by atoms with Gasteiger partial charge in [-0.1, -0.05) is 0 Å². The predicted molar refractivity (Wildman–Crippen MR) is 165 cm³/mol. The number of ether oxygens (including phenoxy) is 2. The second-order valence-corrected chi connectivity index (χ2v) is 11.5. The van der Waals surface area contributed by atoms with Gasteiger partial charge in [0.25, 0.3) is 0 Å². The summed E-state index contributed by atoms with van der Waals surface area (Å²) in [5, 5.41) is 15.3. The van der Waals surface area contributed by atoms with E-state index in [2.05, 4.69) is 29.4 Å². The fourth-order valence-corrected chi connectivity index (χ4v) is 7.15. The number of amides is 3. The van der Waals surface area contributed by atoms with Gasteiger partial charge in [0.15, 0.2) is 0 Å². The summed E-state index contributed by atoms with van der Waals surface area (Å²) in [4.78, 5) is 45.6. The molecule has 0 aromatic heterocycles. The number of nitrogens with zero attached hydrogens (tertiary/aromatic N) is 2. The van der Waals surface area contributed by atoms with Gasteiger partial charge in [0.1, 0.15) is 17.4 Å². The van der Waals surface area contributed by atoms with Crippen LogP contribution in [0.15, 0.2) is 48.5 Å². The summed E-state index contributed by atoms with van der Waals surface area (Å²) < 4.78 is 12.0. The van der Waals surface area contributed by atoms with Crippen molar-refractivity contribution in [2.45, 2.75) is 70.6 Å². The summed E-state index contributed by atoms with van der Waals surface area (Å²) in [7, 11) is 0. The van der Waals surface area contributed by atoms with Crippen molar-refractivity contribution in [2.24, 2.45) is 11.8 Å². The third-order valence-electron chi connectivity index (χ3n) is 9.10. The number of nitrogens with one attached hydrogen (secondary N) is 2. The van der Waals surface area contributed by atoms with E-state index in [0.29, 0.717) is 56.0 Å². The zero-order valence-corrected chi connectivity index (χ0v) is 25.4. The molecule has 232 valence electrons. The number of aliphatic hydroxyl groups excluding tert-OH is 1. The number of hydrogen-bond acceptors (Lipinski definition) is 7. The molecule has 2 aromatic rings. The number of carbonyl (C=O) groups is 3. The fraction of sp³-hybridized carbons (Fsp3) is 0.545. The Kier molecular flexibility index (Phi) is 9.56. The van der Waals surface area contributed by atoms with Crippen molar-refractivity contribution in [1.29, 1.82) is 0 Å². The maximum atomic E-state index is 14.1. The molecule has 43 heavy (non-hydrogen) atoms. The Bertz CT molecular complexity index is 1280. The summed E-state index contributed by atoms with van der Waals surface area (Å²) in [6, 6.07) is 14.0. The molecule has 10 heteroatoms. The molecule has 3 heterocycles. The minimum absolute atomic E-state index is 0.0759. The zero-order valence-electron chi connectivity index (χ0n) is 25.4. The number of rotatable bonds is 14. The van der Waals surface area contributed by atoms with Crippen molar-refractivity contribution >= 4 is 34.8 Å². The number of fused-ring (bicyclic) bond motifs is 1. The summed E-state index contributed by atoms with van der Waals surface area (Å²) in [5.74, 6) is -1.52. The van der Waals surface area contributed by atoms with Crippen molar-refractivity contribution < 1.29 is 29.0 Å². The smallest absolute Gasteiger partial charge is 0.250 e. The van der Waals surface area contributed by atoms with Crippen molar-refractivity contribution in [3.05, 3.63) is 48.5 Å². The largest absolute Gasteiger partial charge is 0.494 e. The molecule has 5 rings (SSSR count). The third-order valence-corrected chi connectivity index (χ3v) is 9.10. The molecular formula is C33H44N4O6. The molecule has 3 fully saturated rings. The van der Waals surface area contributed by atoms with Crippen LogP contribution in [0.5, 0.6) is 5.75 Å². The van der Waals surface area contributed by atoms with Crippen LogP contribution in [0.4, 0.5) is 17.1 Å². The normalized spacial score (nSPS) is 25.5. The van der Waals surface area contributed by atoms with Crippen LogP contribution in [0.2, 0.25) is 0 Å². The fourth-order valence-electron chi connectivity index (χ4n) is 7.15. The van der Waals surface area contributed by atoms with E-state index in [9.17, 15) is 19.5 Å². The standard InChI is InChI=1S/C33H44N4O6/c1-4-36(5-2)24-14-10-22(11-15-24)35-31(40)29-33-19-18-26(43-33)27(28(33)32(41)37(29)20-8-7-9-21-38)30(39)34-23-12-16-25(17-13-23)42-6-3/h10-17,26-29,38H,4-9,18-21H2,1-3H3,(H,34,39)(H,35,40)/t26-,27+,28-,29?,33?/m0/s1. The number of benzene rings is 2. The summed E-state index contributed by atoms with van der Waals surface area (Å²) >= 11 is 0. The predicted octanol–water partition coefficient (Wildman–Crippen LogP) is 4.05. The van der Waals surface area contributed by atoms with E-state index in [1.54, 1.807) is 29.2 Å². The van der Waals surface area contributed by atoms with Gasteiger partial charge in [-0.25, -0.2) is 0 Å². The van der Waals surface area contributed by atoms with Crippen LogP contribution in [0.1, 0.15) is 52.9 Å². The molecule has 2 aromatic carbocycles. The van der Waals surface area contributed by atoms with Gasteiger partial charge in [0, 0.05) is 43.3 Å². The van der Waals surface area contributed by atoms with Gasteiger partial charge < -0.3 is 35.0 Å². The second kappa shape index (κ2) is 13.3. The molecule has 3 saturated heterocycles. The van der Waals surface area contributed by atoms with Gasteiger partial charge in [-0.15, -0.1) is 0 Å². The van der Waals surface area contributed by atoms with E-state index in [0.717, 1.165) is 25.2 Å².